The fraction of sp³-hybridized carbons (Fsp3) is 0.185. The second kappa shape index (κ2) is 9.49. The summed E-state index contributed by atoms with van der Waals surface area (Å²) >= 11 is 0. The van der Waals surface area contributed by atoms with Gasteiger partial charge < -0.3 is 4.90 Å². The molecule has 1 saturated heterocycles. The molecule has 1 unspecified atom stereocenters. The summed E-state index contributed by atoms with van der Waals surface area (Å²) in [6.45, 7) is 2.21. The number of aryl methyl sites for hydroxylation is 1. The maximum Gasteiger partial charge on any atom is 0.257 e. The summed E-state index contributed by atoms with van der Waals surface area (Å²) in [5, 5.41) is 9.01. The lowest BCUT2D eigenvalue weighted by molar-refractivity contribution is -0.122. The zero-order valence-electron chi connectivity index (χ0n) is 18.3. The molecule has 33 heavy (non-hydrogen) atoms. The molecule has 164 valence electrons. The second-order valence-electron chi connectivity index (χ2n) is 8.05. The first-order valence-electron chi connectivity index (χ1n) is 10.8. The van der Waals surface area contributed by atoms with E-state index < -0.39 is 11.9 Å². The van der Waals surface area contributed by atoms with Crippen LogP contribution in [-0.4, -0.2) is 35.2 Å². The Kier molecular flexibility index (Phi) is 6.32. The van der Waals surface area contributed by atoms with Crippen molar-refractivity contribution in [2.75, 3.05) is 11.4 Å². The molecule has 1 atom stereocenters. The molecule has 3 aromatic carbocycles. The van der Waals surface area contributed by atoms with Crippen LogP contribution in [0, 0.1) is 18.3 Å². The van der Waals surface area contributed by atoms with Crippen LogP contribution in [0.3, 0.4) is 0 Å². The second-order valence-corrected chi connectivity index (χ2v) is 8.05. The number of carbonyl (C=O) groups excluding carboxylic acids is 3. The normalized spacial score (nSPS) is 15.4. The number of hydrogen-bond acceptors (Lipinski definition) is 4. The van der Waals surface area contributed by atoms with Crippen molar-refractivity contribution >= 4 is 23.4 Å². The topological polar surface area (TPSA) is 81.5 Å². The Balaban J connectivity index is 1.64. The average Bonchev–Trinajstić information content (AvgIpc) is 3.13. The number of carbonyl (C=O) groups is 3. The number of imide groups is 1. The Bertz CT molecular complexity index is 1230. The summed E-state index contributed by atoms with van der Waals surface area (Å²) in [7, 11) is 0. The van der Waals surface area contributed by atoms with E-state index >= 15 is 0 Å². The van der Waals surface area contributed by atoms with E-state index in [9.17, 15) is 14.4 Å². The highest BCUT2D eigenvalue weighted by Gasteiger charge is 2.44. The highest BCUT2D eigenvalue weighted by molar-refractivity contribution is 6.23. The maximum atomic E-state index is 13.5. The van der Waals surface area contributed by atoms with Crippen molar-refractivity contribution < 1.29 is 14.4 Å². The highest BCUT2D eigenvalue weighted by atomic mass is 16.2. The molecule has 0 aliphatic carbocycles. The SMILES string of the molecule is Cc1cccc(C(=O)N(CCc2ccccc2)C2CC(=O)N(c3ccc(C#N)cc3)C2=O)c1. The first-order valence-corrected chi connectivity index (χ1v) is 10.8. The monoisotopic (exact) mass is 437 g/mol. The fourth-order valence-electron chi connectivity index (χ4n) is 4.05. The minimum Gasteiger partial charge on any atom is -0.326 e. The van der Waals surface area contributed by atoms with Gasteiger partial charge in [0.05, 0.1) is 23.7 Å². The van der Waals surface area contributed by atoms with Crippen LogP contribution in [0.15, 0.2) is 78.9 Å². The van der Waals surface area contributed by atoms with Crippen LogP contribution in [0.1, 0.15) is 33.5 Å². The minimum absolute atomic E-state index is 0.0782. The molecule has 4 rings (SSSR count). The average molecular weight is 437 g/mol. The van der Waals surface area contributed by atoms with Gasteiger partial charge in [0.1, 0.15) is 6.04 Å². The fourth-order valence-corrected chi connectivity index (χ4v) is 4.05. The number of rotatable bonds is 6. The van der Waals surface area contributed by atoms with E-state index in [1.165, 1.54) is 4.90 Å². The maximum absolute atomic E-state index is 13.5. The van der Waals surface area contributed by atoms with Crippen LogP contribution in [0.4, 0.5) is 5.69 Å². The van der Waals surface area contributed by atoms with E-state index in [1.54, 1.807) is 36.4 Å². The van der Waals surface area contributed by atoms with Crippen molar-refractivity contribution in [2.45, 2.75) is 25.8 Å². The van der Waals surface area contributed by atoms with Gasteiger partial charge >= 0.3 is 0 Å². The van der Waals surface area contributed by atoms with Crippen LogP contribution >= 0.6 is 0 Å². The van der Waals surface area contributed by atoms with Crippen molar-refractivity contribution in [2.24, 2.45) is 0 Å². The van der Waals surface area contributed by atoms with Gasteiger partial charge in [-0.15, -0.1) is 0 Å². The number of amides is 3. The predicted octanol–water partition coefficient (Wildman–Crippen LogP) is 3.88. The van der Waals surface area contributed by atoms with E-state index in [0.29, 0.717) is 29.8 Å². The van der Waals surface area contributed by atoms with E-state index in [4.69, 9.17) is 5.26 Å². The van der Waals surface area contributed by atoms with Crippen LogP contribution in [0.2, 0.25) is 0 Å². The molecule has 3 aromatic rings. The Labute approximate surface area is 192 Å². The lowest BCUT2D eigenvalue weighted by atomic mass is 10.1. The Hall–Kier alpha value is -4.24. The van der Waals surface area contributed by atoms with Crippen LogP contribution < -0.4 is 4.90 Å². The van der Waals surface area contributed by atoms with Gasteiger partial charge in [0.2, 0.25) is 5.91 Å². The molecular formula is C27H23N3O3. The molecule has 6 heteroatoms. The molecule has 0 radical (unpaired) electrons. The van der Waals surface area contributed by atoms with Crippen LogP contribution in [-0.2, 0) is 16.0 Å². The van der Waals surface area contributed by atoms with E-state index in [-0.39, 0.29) is 18.2 Å². The van der Waals surface area contributed by atoms with Crippen molar-refractivity contribution in [3.63, 3.8) is 0 Å². The van der Waals surface area contributed by atoms with Gasteiger partial charge in [-0.25, -0.2) is 4.90 Å². The lowest BCUT2D eigenvalue weighted by Crippen LogP contribution is -2.46. The number of nitriles is 1. The van der Waals surface area contributed by atoms with Gasteiger partial charge in [0, 0.05) is 12.1 Å². The third-order valence-corrected chi connectivity index (χ3v) is 5.76. The molecule has 1 heterocycles. The number of hydrogen-bond donors (Lipinski definition) is 0. The van der Waals surface area contributed by atoms with E-state index in [2.05, 4.69) is 0 Å². The molecule has 6 nitrogen and oxygen atoms in total. The van der Waals surface area contributed by atoms with E-state index in [1.807, 2.05) is 55.5 Å². The summed E-state index contributed by atoms with van der Waals surface area (Å²) < 4.78 is 0. The number of nitrogens with zero attached hydrogens (tertiary/aromatic N) is 3. The Morgan fingerprint density at radius 1 is 1.03 bits per heavy atom. The molecule has 1 aliphatic rings. The largest absolute Gasteiger partial charge is 0.326 e. The Morgan fingerprint density at radius 3 is 2.42 bits per heavy atom. The summed E-state index contributed by atoms with van der Waals surface area (Å²) in [6.07, 6.45) is 0.485. The van der Waals surface area contributed by atoms with Crippen molar-refractivity contribution in [3.05, 3.63) is 101 Å². The van der Waals surface area contributed by atoms with Crippen LogP contribution in [0.5, 0.6) is 0 Å². The molecule has 0 aromatic heterocycles. The molecule has 0 saturated carbocycles. The summed E-state index contributed by atoms with van der Waals surface area (Å²) in [5.74, 6) is -1.07. The summed E-state index contributed by atoms with van der Waals surface area (Å²) in [5.41, 5.74) is 3.31. The zero-order valence-corrected chi connectivity index (χ0v) is 18.3. The van der Waals surface area contributed by atoms with Gasteiger partial charge in [0.15, 0.2) is 0 Å². The van der Waals surface area contributed by atoms with Crippen molar-refractivity contribution in [1.29, 1.82) is 5.26 Å². The molecule has 0 spiro atoms. The van der Waals surface area contributed by atoms with Gasteiger partial charge in [-0.1, -0.05) is 48.0 Å². The first-order chi connectivity index (χ1) is 16.0. The molecule has 1 aliphatic heterocycles. The lowest BCUT2D eigenvalue weighted by Gasteiger charge is -2.28. The number of benzene rings is 3. The quantitative estimate of drug-likeness (QED) is 0.548. The number of anilines is 1. The third-order valence-electron chi connectivity index (χ3n) is 5.76. The van der Waals surface area contributed by atoms with Crippen molar-refractivity contribution in [3.8, 4) is 6.07 Å². The standard InChI is InChI=1S/C27H23N3O3/c1-19-6-5-9-22(16-19)26(32)29(15-14-20-7-3-2-4-8-20)24-17-25(31)30(27(24)33)23-12-10-21(18-28)11-13-23/h2-13,16,24H,14-15,17H2,1H3. The molecule has 1 fully saturated rings. The minimum atomic E-state index is -0.884. The smallest absolute Gasteiger partial charge is 0.257 e. The molecule has 0 N–H and O–H groups in total. The van der Waals surface area contributed by atoms with Gasteiger partial charge in [0.25, 0.3) is 11.8 Å². The van der Waals surface area contributed by atoms with E-state index in [0.717, 1.165) is 16.0 Å². The van der Waals surface area contributed by atoms with Crippen molar-refractivity contribution in [1.82, 2.24) is 4.90 Å². The highest BCUT2D eigenvalue weighted by Crippen LogP contribution is 2.27. The molecule has 3 amide bonds. The van der Waals surface area contributed by atoms with Gasteiger partial charge in [-0.05, 0) is 55.3 Å². The molecular weight excluding hydrogens is 414 g/mol. The first kappa shape index (κ1) is 22.0. The van der Waals surface area contributed by atoms with Crippen LogP contribution in [0.25, 0.3) is 0 Å². The predicted molar refractivity (Wildman–Crippen MR) is 124 cm³/mol. The summed E-state index contributed by atoms with van der Waals surface area (Å²) in [4.78, 5) is 42.3. The Morgan fingerprint density at radius 2 is 1.76 bits per heavy atom. The summed E-state index contributed by atoms with van der Waals surface area (Å²) in [6, 6.07) is 24.4. The van der Waals surface area contributed by atoms with Gasteiger partial charge in [-0.2, -0.15) is 5.26 Å². The van der Waals surface area contributed by atoms with Gasteiger partial charge in [-0.3, -0.25) is 14.4 Å². The third kappa shape index (κ3) is 4.68. The molecule has 0 bridgehead atoms. The zero-order chi connectivity index (χ0) is 23.4.